The van der Waals surface area contributed by atoms with E-state index in [9.17, 15) is 0 Å². The summed E-state index contributed by atoms with van der Waals surface area (Å²) in [4.78, 5) is 4.30. The molecule has 7 heteroatoms. The van der Waals surface area contributed by atoms with Gasteiger partial charge in [-0.1, -0.05) is 12.1 Å². The van der Waals surface area contributed by atoms with Crippen molar-refractivity contribution in [1.29, 1.82) is 0 Å². The normalized spacial score (nSPS) is 10.5. The molecule has 0 atom stereocenters. The Bertz CT molecular complexity index is 800. The summed E-state index contributed by atoms with van der Waals surface area (Å²) in [6.45, 7) is 0.452. The number of anilines is 1. The predicted molar refractivity (Wildman–Crippen MR) is 91.3 cm³/mol. The van der Waals surface area contributed by atoms with E-state index in [1.807, 2.05) is 36.4 Å². The SMILES string of the molecule is S=c1oc(-c2ccncc2)nn1CNc1ccccc1I. The molecular formula is C14H11IN4OS. The molecule has 0 fully saturated rings. The fourth-order valence-electron chi connectivity index (χ4n) is 1.78. The number of nitrogens with zero attached hydrogens (tertiary/aromatic N) is 3. The Morgan fingerprint density at radius 2 is 1.95 bits per heavy atom. The lowest BCUT2D eigenvalue weighted by Crippen LogP contribution is -2.10. The topological polar surface area (TPSA) is 55.9 Å². The molecule has 0 radical (unpaired) electrons. The van der Waals surface area contributed by atoms with E-state index in [-0.39, 0.29) is 0 Å². The first-order valence-corrected chi connectivity index (χ1v) is 7.69. The second-order valence-electron chi connectivity index (χ2n) is 4.22. The third-order valence-electron chi connectivity index (χ3n) is 2.83. The van der Waals surface area contributed by atoms with Crippen LogP contribution < -0.4 is 5.32 Å². The molecule has 0 aliphatic rings. The van der Waals surface area contributed by atoms with Gasteiger partial charge in [0.2, 0.25) is 5.89 Å². The maximum atomic E-state index is 5.52. The molecule has 1 aromatic carbocycles. The van der Waals surface area contributed by atoms with Crippen molar-refractivity contribution >= 4 is 40.5 Å². The van der Waals surface area contributed by atoms with E-state index in [1.165, 1.54) is 0 Å². The van der Waals surface area contributed by atoms with Gasteiger partial charge in [0, 0.05) is 27.2 Å². The van der Waals surface area contributed by atoms with E-state index < -0.39 is 0 Å². The molecule has 0 aliphatic heterocycles. The van der Waals surface area contributed by atoms with Crippen molar-refractivity contribution in [1.82, 2.24) is 14.8 Å². The Morgan fingerprint density at radius 1 is 1.19 bits per heavy atom. The molecular weight excluding hydrogens is 399 g/mol. The number of hydrogen-bond acceptors (Lipinski definition) is 5. The lowest BCUT2D eigenvalue weighted by atomic mass is 10.3. The Hall–Kier alpha value is -1.74. The summed E-state index contributed by atoms with van der Waals surface area (Å²) in [5.74, 6) is 0.493. The first-order valence-electron chi connectivity index (χ1n) is 6.21. The Morgan fingerprint density at radius 3 is 2.71 bits per heavy atom. The van der Waals surface area contributed by atoms with Crippen molar-refractivity contribution in [3.8, 4) is 11.5 Å². The smallest absolute Gasteiger partial charge is 0.289 e. The van der Waals surface area contributed by atoms with Crippen molar-refractivity contribution in [2.45, 2.75) is 6.67 Å². The number of aromatic nitrogens is 3. The lowest BCUT2D eigenvalue weighted by Gasteiger charge is -2.07. The summed E-state index contributed by atoms with van der Waals surface area (Å²) in [6, 6.07) is 11.7. The highest BCUT2D eigenvalue weighted by atomic mass is 127. The van der Waals surface area contributed by atoms with Crippen LogP contribution in [0.3, 0.4) is 0 Å². The van der Waals surface area contributed by atoms with Crippen LogP contribution in [0.15, 0.2) is 53.2 Å². The van der Waals surface area contributed by atoms with E-state index in [0.717, 1.165) is 14.8 Å². The van der Waals surface area contributed by atoms with Gasteiger partial charge in [-0.3, -0.25) is 4.98 Å². The second-order valence-corrected chi connectivity index (χ2v) is 5.73. The molecule has 2 heterocycles. The Balaban J connectivity index is 1.80. The van der Waals surface area contributed by atoms with Crippen LogP contribution in [-0.2, 0) is 6.67 Å². The van der Waals surface area contributed by atoms with Crippen LogP contribution in [0.4, 0.5) is 5.69 Å². The molecule has 3 rings (SSSR count). The molecule has 0 aliphatic carbocycles. The molecule has 0 saturated heterocycles. The van der Waals surface area contributed by atoms with Crippen molar-refractivity contribution in [2.24, 2.45) is 0 Å². The number of hydrogen-bond donors (Lipinski definition) is 1. The third kappa shape index (κ3) is 3.30. The summed E-state index contributed by atoms with van der Waals surface area (Å²) < 4.78 is 8.27. The van der Waals surface area contributed by atoms with Crippen LogP contribution in [0.1, 0.15) is 0 Å². The molecule has 1 N–H and O–H groups in total. The van der Waals surface area contributed by atoms with Gasteiger partial charge in [-0.2, -0.15) is 0 Å². The summed E-state index contributed by atoms with van der Waals surface area (Å²) in [5, 5.41) is 7.67. The molecule has 2 aromatic heterocycles. The monoisotopic (exact) mass is 410 g/mol. The first-order chi connectivity index (χ1) is 10.2. The standard InChI is InChI=1S/C14H11IN4OS/c15-11-3-1-2-4-12(11)17-9-19-14(21)20-13(18-19)10-5-7-16-8-6-10/h1-8,17H,9H2. The van der Waals surface area contributed by atoms with Crippen LogP contribution in [-0.4, -0.2) is 14.8 Å². The van der Waals surface area contributed by atoms with Gasteiger partial charge in [0.15, 0.2) is 0 Å². The summed E-state index contributed by atoms with van der Waals surface area (Å²) >= 11 is 7.48. The van der Waals surface area contributed by atoms with Crippen LogP contribution >= 0.6 is 34.8 Å². The molecule has 0 spiro atoms. The highest BCUT2D eigenvalue weighted by Gasteiger charge is 2.08. The minimum atomic E-state index is 0.334. The maximum Gasteiger partial charge on any atom is 0.289 e. The van der Waals surface area contributed by atoms with Crippen LogP contribution in [0.2, 0.25) is 0 Å². The quantitative estimate of drug-likeness (QED) is 0.522. The molecule has 0 bridgehead atoms. The predicted octanol–water partition coefficient (Wildman–Crippen LogP) is 3.94. The third-order valence-corrected chi connectivity index (χ3v) is 4.06. The zero-order valence-electron chi connectivity index (χ0n) is 10.9. The van der Waals surface area contributed by atoms with Gasteiger partial charge in [0.05, 0.1) is 0 Å². The molecule has 0 unspecified atom stereocenters. The minimum Gasteiger partial charge on any atom is -0.409 e. The minimum absolute atomic E-state index is 0.334. The molecule has 0 amide bonds. The Kier molecular flexibility index (Phi) is 4.30. The van der Waals surface area contributed by atoms with Crippen molar-refractivity contribution in [3.05, 3.63) is 57.2 Å². The molecule has 0 saturated carbocycles. The van der Waals surface area contributed by atoms with Gasteiger partial charge in [0.1, 0.15) is 6.67 Å². The number of benzene rings is 1. The number of nitrogens with one attached hydrogen (secondary N) is 1. The van der Waals surface area contributed by atoms with Gasteiger partial charge >= 0.3 is 0 Å². The zero-order chi connectivity index (χ0) is 14.7. The molecule has 3 aromatic rings. The molecule has 5 nitrogen and oxygen atoms in total. The van der Waals surface area contributed by atoms with E-state index >= 15 is 0 Å². The largest absolute Gasteiger partial charge is 0.409 e. The van der Waals surface area contributed by atoms with E-state index in [4.69, 9.17) is 16.6 Å². The van der Waals surface area contributed by atoms with Gasteiger partial charge in [-0.15, -0.1) is 5.10 Å². The van der Waals surface area contributed by atoms with Gasteiger partial charge in [-0.05, 0) is 59.1 Å². The van der Waals surface area contributed by atoms with E-state index in [1.54, 1.807) is 17.1 Å². The van der Waals surface area contributed by atoms with Gasteiger partial charge < -0.3 is 9.73 Å². The zero-order valence-corrected chi connectivity index (χ0v) is 13.8. The maximum absolute atomic E-state index is 5.52. The Labute approximate surface area is 140 Å². The number of para-hydroxylation sites is 1. The van der Waals surface area contributed by atoms with Gasteiger partial charge in [0.25, 0.3) is 4.84 Å². The average Bonchev–Trinajstić information content (AvgIpc) is 2.89. The van der Waals surface area contributed by atoms with Gasteiger partial charge in [-0.25, -0.2) is 4.68 Å². The molecule has 106 valence electrons. The van der Waals surface area contributed by atoms with Crippen molar-refractivity contribution in [3.63, 3.8) is 0 Å². The van der Waals surface area contributed by atoms with Crippen LogP contribution in [0, 0.1) is 8.41 Å². The second kappa shape index (κ2) is 6.35. The number of pyridine rings is 1. The van der Waals surface area contributed by atoms with Crippen LogP contribution in [0.5, 0.6) is 0 Å². The fraction of sp³-hybridized carbons (Fsp3) is 0.0714. The van der Waals surface area contributed by atoms with E-state index in [2.05, 4.69) is 38.0 Å². The highest BCUT2D eigenvalue weighted by molar-refractivity contribution is 14.1. The average molecular weight is 410 g/mol. The summed E-state index contributed by atoms with van der Waals surface area (Å²) in [6.07, 6.45) is 3.38. The van der Waals surface area contributed by atoms with Crippen molar-refractivity contribution in [2.75, 3.05) is 5.32 Å². The first kappa shape index (κ1) is 14.2. The lowest BCUT2D eigenvalue weighted by molar-refractivity contribution is 0.522. The van der Waals surface area contributed by atoms with Crippen LogP contribution in [0.25, 0.3) is 11.5 Å². The van der Waals surface area contributed by atoms with Crippen molar-refractivity contribution < 1.29 is 4.42 Å². The molecule has 21 heavy (non-hydrogen) atoms. The highest BCUT2D eigenvalue weighted by Crippen LogP contribution is 2.18. The summed E-state index contributed by atoms with van der Waals surface area (Å²) in [7, 11) is 0. The van der Waals surface area contributed by atoms with E-state index in [0.29, 0.717) is 17.4 Å². The summed E-state index contributed by atoms with van der Waals surface area (Å²) in [5.41, 5.74) is 1.89. The fourth-order valence-corrected chi connectivity index (χ4v) is 2.54. The number of halogens is 1. The number of rotatable bonds is 4.